The number of methoxy groups -OCH3 is 1. The number of pyridine rings is 1. The van der Waals surface area contributed by atoms with Crippen molar-refractivity contribution >= 4 is 28.4 Å². The van der Waals surface area contributed by atoms with E-state index < -0.39 is 0 Å². The number of carbonyl (C=O) groups is 1. The van der Waals surface area contributed by atoms with Gasteiger partial charge >= 0.3 is 0 Å². The van der Waals surface area contributed by atoms with Gasteiger partial charge in [-0.15, -0.1) is 0 Å². The van der Waals surface area contributed by atoms with Gasteiger partial charge < -0.3 is 14.8 Å². The molecule has 1 heterocycles. The second-order valence-electron chi connectivity index (χ2n) is 5.32. The summed E-state index contributed by atoms with van der Waals surface area (Å²) in [5.41, 5.74) is 1.53. The Kier molecular flexibility index (Phi) is 5.36. The first-order valence-electron chi connectivity index (χ1n) is 7.73. The molecule has 6 heteroatoms. The van der Waals surface area contributed by atoms with Crippen LogP contribution in [0.3, 0.4) is 0 Å². The van der Waals surface area contributed by atoms with Gasteiger partial charge in [0.05, 0.1) is 12.1 Å². The number of aromatic nitrogens is 1. The lowest BCUT2D eigenvalue weighted by Crippen LogP contribution is -2.28. The predicted molar refractivity (Wildman–Crippen MR) is 97.1 cm³/mol. The summed E-state index contributed by atoms with van der Waals surface area (Å²) >= 11 is 6.15. The number of ether oxygens (including phenoxy) is 2. The summed E-state index contributed by atoms with van der Waals surface area (Å²) in [4.78, 5) is 16.3. The topological polar surface area (TPSA) is 60.5 Å². The summed E-state index contributed by atoms with van der Waals surface area (Å²) in [7, 11) is 1.60. The molecule has 0 aliphatic heterocycles. The number of hydrogen-bond acceptors (Lipinski definition) is 4. The number of hydrogen-bond donors (Lipinski definition) is 1. The van der Waals surface area contributed by atoms with Crippen LogP contribution in [0, 0.1) is 0 Å². The number of carbonyl (C=O) groups excluding carboxylic acids is 1. The van der Waals surface area contributed by atoms with E-state index in [-0.39, 0.29) is 12.5 Å². The zero-order valence-electron chi connectivity index (χ0n) is 13.7. The van der Waals surface area contributed by atoms with Crippen LogP contribution < -0.4 is 14.8 Å². The summed E-state index contributed by atoms with van der Waals surface area (Å²) in [6.07, 6.45) is 1.66. The zero-order chi connectivity index (χ0) is 17.6. The van der Waals surface area contributed by atoms with E-state index in [0.717, 1.165) is 16.7 Å². The Balaban J connectivity index is 1.62. The molecular formula is C19H17ClN2O3. The number of fused-ring (bicyclic) bond motifs is 1. The Bertz CT molecular complexity index is 899. The molecule has 3 aromatic rings. The number of rotatable bonds is 6. The fourth-order valence-electron chi connectivity index (χ4n) is 2.47. The third-order valence-electron chi connectivity index (χ3n) is 3.71. The number of nitrogens with one attached hydrogen (secondary N) is 1. The number of amides is 1. The quantitative estimate of drug-likeness (QED) is 0.733. The summed E-state index contributed by atoms with van der Waals surface area (Å²) in [5, 5.41) is 4.19. The monoisotopic (exact) mass is 356 g/mol. The molecule has 25 heavy (non-hydrogen) atoms. The number of nitrogens with zero attached hydrogens (tertiary/aromatic N) is 1. The van der Waals surface area contributed by atoms with Crippen LogP contribution in [0.1, 0.15) is 5.56 Å². The Morgan fingerprint density at radius 3 is 2.80 bits per heavy atom. The molecule has 0 fully saturated rings. The molecule has 1 aromatic heterocycles. The minimum Gasteiger partial charge on any atom is -0.496 e. The molecule has 0 aliphatic rings. The highest BCUT2D eigenvalue weighted by Gasteiger charge is 2.10. The summed E-state index contributed by atoms with van der Waals surface area (Å²) in [6, 6.07) is 14.6. The molecular weight excluding hydrogens is 340 g/mol. The Labute approximate surface area is 150 Å². The SMILES string of the molecule is COc1ccccc1CNC(=O)COc1ccc(Cl)c2cccnc12. The van der Waals surface area contributed by atoms with Crippen LogP contribution >= 0.6 is 11.6 Å². The van der Waals surface area contributed by atoms with Crippen LogP contribution in [0.2, 0.25) is 5.02 Å². The molecule has 0 spiro atoms. The van der Waals surface area contributed by atoms with Crippen LogP contribution in [0.4, 0.5) is 0 Å². The van der Waals surface area contributed by atoms with E-state index in [9.17, 15) is 4.79 Å². The van der Waals surface area contributed by atoms with Gasteiger partial charge in [0.2, 0.25) is 0 Å². The second kappa shape index (κ2) is 7.85. The number of benzene rings is 2. The summed E-state index contributed by atoms with van der Waals surface area (Å²) < 4.78 is 10.9. The van der Waals surface area contributed by atoms with E-state index in [2.05, 4.69) is 10.3 Å². The normalized spacial score (nSPS) is 10.5. The maximum Gasteiger partial charge on any atom is 0.258 e. The van der Waals surface area contributed by atoms with E-state index >= 15 is 0 Å². The molecule has 1 amide bonds. The molecule has 0 atom stereocenters. The fourth-order valence-corrected chi connectivity index (χ4v) is 2.68. The van der Waals surface area contributed by atoms with Crippen molar-refractivity contribution in [2.75, 3.05) is 13.7 Å². The van der Waals surface area contributed by atoms with E-state index in [1.807, 2.05) is 30.3 Å². The third kappa shape index (κ3) is 4.00. The van der Waals surface area contributed by atoms with Crippen LogP contribution in [0.25, 0.3) is 10.9 Å². The first-order valence-corrected chi connectivity index (χ1v) is 8.11. The maximum atomic E-state index is 12.1. The van der Waals surface area contributed by atoms with Crippen LogP contribution in [0.15, 0.2) is 54.7 Å². The smallest absolute Gasteiger partial charge is 0.258 e. The van der Waals surface area contributed by atoms with E-state index in [1.165, 1.54) is 0 Å². The molecule has 5 nitrogen and oxygen atoms in total. The average Bonchev–Trinajstić information content (AvgIpc) is 2.66. The molecule has 0 saturated heterocycles. The van der Waals surface area contributed by atoms with Crippen molar-refractivity contribution in [2.45, 2.75) is 6.54 Å². The van der Waals surface area contributed by atoms with Crippen molar-refractivity contribution in [1.82, 2.24) is 10.3 Å². The van der Waals surface area contributed by atoms with E-state index in [4.69, 9.17) is 21.1 Å². The van der Waals surface area contributed by atoms with Gasteiger partial charge in [-0.05, 0) is 30.3 Å². The van der Waals surface area contributed by atoms with Crippen molar-refractivity contribution in [3.8, 4) is 11.5 Å². The molecule has 128 valence electrons. The molecule has 0 radical (unpaired) electrons. The van der Waals surface area contributed by atoms with Gasteiger partial charge in [0.1, 0.15) is 17.0 Å². The van der Waals surface area contributed by atoms with Gasteiger partial charge in [0, 0.05) is 23.7 Å². The van der Waals surface area contributed by atoms with Crippen LogP contribution in [-0.2, 0) is 11.3 Å². The molecule has 1 N–H and O–H groups in total. The van der Waals surface area contributed by atoms with Gasteiger partial charge in [0.25, 0.3) is 5.91 Å². The maximum absolute atomic E-state index is 12.1. The summed E-state index contributed by atoms with van der Waals surface area (Å²) in [5.74, 6) is 1.02. The van der Waals surface area contributed by atoms with Gasteiger partial charge in [-0.2, -0.15) is 0 Å². The van der Waals surface area contributed by atoms with E-state index in [1.54, 1.807) is 31.5 Å². The van der Waals surface area contributed by atoms with E-state index in [0.29, 0.717) is 22.8 Å². The standard InChI is InChI=1S/C19H17ClN2O3/c1-24-16-7-3-2-5-13(16)11-22-18(23)12-25-17-9-8-15(20)14-6-4-10-21-19(14)17/h2-10H,11-12H2,1H3,(H,22,23). The molecule has 3 rings (SSSR count). The number of halogens is 1. The second-order valence-corrected chi connectivity index (χ2v) is 5.73. The first kappa shape index (κ1) is 17.0. The minimum absolute atomic E-state index is 0.109. The highest BCUT2D eigenvalue weighted by molar-refractivity contribution is 6.35. The van der Waals surface area contributed by atoms with Crippen molar-refractivity contribution in [3.63, 3.8) is 0 Å². The van der Waals surface area contributed by atoms with Crippen molar-refractivity contribution in [3.05, 3.63) is 65.3 Å². The van der Waals surface area contributed by atoms with Crippen molar-refractivity contribution < 1.29 is 14.3 Å². The van der Waals surface area contributed by atoms with Crippen molar-refractivity contribution in [1.29, 1.82) is 0 Å². The Morgan fingerprint density at radius 2 is 1.96 bits per heavy atom. The van der Waals surface area contributed by atoms with Gasteiger partial charge in [0.15, 0.2) is 6.61 Å². The highest BCUT2D eigenvalue weighted by atomic mass is 35.5. The minimum atomic E-state index is -0.232. The van der Waals surface area contributed by atoms with Crippen LogP contribution in [-0.4, -0.2) is 24.6 Å². The molecule has 2 aromatic carbocycles. The average molecular weight is 357 g/mol. The fraction of sp³-hybridized carbons (Fsp3) is 0.158. The lowest BCUT2D eigenvalue weighted by molar-refractivity contribution is -0.123. The summed E-state index contributed by atoms with van der Waals surface area (Å²) in [6.45, 7) is 0.258. The molecule has 0 bridgehead atoms. The Morgan fingerprint density at radius 1 is 1.12 bits per heavy atom. The molecule has 0 saturated carbocycles. The first-order chi connectivity index (χ1) is 12.2. The highest BCUT2D eigenvalue weighted by Crippen LogP contribution is 2.29. The predicted octanol–water partition coefficient (Wildman–Crippen LogP) is 3.59. The third-order valence-corrected chi connectivity index (χ3v) is 4.04. The van der Waals surface area contributed by atoms with Crippen molar-refractivity contribution in [2.24, 2.45) is 0 Å². The van der Waals surface area contributed by atoms with Crippen LogP contribution in [0.5, 0.6) is 11.5 Å². The van der Waals surface area contributed by atoms with Gasteiger partial charge in [-0.1, -0.05) is 29.8 Å². The number of para-hydroxylation sites is 1. The molecule has 0 unspecified atom stereocenters. The zero-order valence-corrected chi connectivity index (χ0v) is 14.4. The largest absolute Gasteiger partial charge is 0.496 e. The van der Waals surface area contributed by atoms with Gasteiger partial charge in [-0.3, -0.25) is 9.78 Å². The Hall–Kier alpha value is -2.79. The lowest BCUT2D eigenvalue weighted by Gasteiger charge is -2.11. The molecule has 0 aliphatic carbocycles. The lowest BCUT2D eigenvalue weighted by atomic mass is 10.2. The van der Waals surface area contributed by atoms with Gasteiger partial charge in [-0.25, -0.2) is 0 Å².